The van der Waals surface area contributed by atoms with Gasteiger partial charge in [0.25, 0.3) is 5.91 Å². The van der Waals surface area contributed by atoms with Crippen LogP contribution < -0.4 is 10.2 Å². The fraction of sp³-hybridized carbons (Fsp3) is 0.800. The van der Waals surface area contributed by atoms with E-state index in [1.165, 1.54) is 11.3 Å². The first-order valence-electron chi connectivity index (χ1n) is 8.12. The van der Waals surface area contributed by atoms with Crippen molar-refractivity contribution in [3.8, 4) is 0 Å². The largest absolute Gasteiger partial charge is 0.342 e. The minimum absolute atomic E-state index is 0.118. The van der Waals surface area contributed by atoms with Crippen LogP contribution in [-0.4, -0.2) is 54.8 Å². The van der Waals surface area contributed by atoms with Crippen LogP contribution in [0.1, 0.15) is 38.5 Å². The van der Waals surface area contributed by atoms with Gasteiger partial charge in [-0.3, -0.25) is 19.7 Å². The van der Waals surface area contributed by atoms with Crippen LogP contribution in [0.4, 0.5) is 0 Å². The molecule has 0 aromatic carbocycles. The number of nitrogens with zero attached hydrogens (tertiary/aromatic N) is 1. The average Bonchev–Trinajstić information content (AvgIpc) is 2.86. The van der Waals surface area contributed by atoms with Gasteiger partial charge in [0.15, 0.2) is 6.04 Å². The molecule has 116 valence electrons. The average molecular weight is 294 g/mol. The van der Waals surface area contributed by atoms with Crippen molar-refractivity contribution in [2.45, 2.75) is 44.6 Å². The Balaban J connectivity index is 1.51. The Bertz CT molecular complexity index is 437. The molecule has 6 heteroatoms. The van der Waals surface area contributed by atoms with Gasteiger partial charge in [0.1, 0.15) is 0 Å². The lowest BCUT2D eigenvalue weighted by Gasteiger charge is -2.35. The number of carbonyl (C=O) groups is 3. The summed E-state index contributed by atoms with van der Waals surface area (Å²) in [6, 6.07) is -0.233. The maximum atomic E-state index is 12.5. The van der Waals surface area contributed by atoms with E-state index in [0.29, 0.717) is 12.3 Å². The van der Waals surface area contributed by atoms with Crippen molar-refractivity contribution >= 4 is 17.7 Å². The Morgan fingerprint density at radius 3 is 2.33 bits per heavy atom. The molecule has 3 aliphatic heterocycles. The van der Waals surface area contributed by atoms with Gasteiger partial charge in [-0.05, 0) is 19.3 Å². The molecule has 3 amide bonds. The standard InChI is InChI=1S/C15H23N3O3/c19-13-10-12(14(20)16-13)17-8-4-11(5-9-17)15(21)18-6-2-1-3-7-18/h11-12H,1-10H2,(H,16,19,20)/p+1/t12-/m0/s1. The smallest absolute Gasteiger partial charge is 0.285 e. The highest BCUT2D eigenvalue weighted by Gasteiger charge is 2.41. The number of quaternary nitrogens is 1. The van der Waals surface area contributed by atoms with Crippen molar-refractivity contribution in [3.05, 3.63) is 0 Å². The molecule has 0 spiro atoms. The fourth-order valence-corrected chi connectivity index (χ4v) is 3.84. The molecule has 6 nitrogen and oxygen atoms in total. The molecule has 0 aromatic rings. The fourth-order valence-electron chi connectivity index (χ4n) is 3.84. The highest BCUT2D eigenvalue weighted by molar-refractivity contribution is 6.04. The molecule has 1 atom stereocenters. The van der Waals surface area contributed by atoms with Crippen molar-refractivity contribution in [2.75, 3.05) is 26.2 Å². The lowest BCUT2D eigenvalue weighted by Crippen LogP contribution is -3.17. The van der Waals surface area contributed by atoms with Crippen molar-refractivity contribution in [3.63, 3.8) is 0 Å². The topological polar surface area (TPSA) is 70.9 Å². The van der Waals surface area contributed by atoms with Crippen molar-refractivity contribution in [1.82, 2.24) is 10.2 Å². The lowest BCUT2D eigenvalue weighted by molar-refractivity contribution is -0.920. The minimum atomic E-state index is -0.233. The van der Waals surface area contributed by atoms with Crippen molar-refractivity contribution in [1.29, 1.82) is 0 Å². The second kappa shape index (κ2) is 6.13. The van der Waals surface area contributed by atoms with E-state index in [-0.39, 0.29) is 23.8 Å². The van der Waals surface area contributed by atoms with Crippen LogP contribution >= 0.6 is 0 Å². The summed E-state index contributed by atoms with van der Waals surface area (Å²) in [5.41, 5.74) is 0. The van der Waals surface area contributed by atoms with Crippen LogP contribution in [0.2, 0.25) is 0 Å². The number of hydrogen-bond acceptors (Lipinski definition) is 3. The maximum absolute atomic E-state index is 12.5. The number of piperidine rings is 2. The van der Waals surface area contributed by atoms with Gasteiger partial charge in [0.2, 0.25) is 11.8 Å². The second-order valence-corrected chi connectivity index (χ2v) is 6.49. The van der Waals surface area contributed by atoms with Gasteiger partial charge >= 0.3 is 0 Å². The first-order chi connectivity index (χ1) is 10.1. The van der Waals surface area contributed by atoms with Crippen LogP contribution in [0.5, 0.6) is 0 Å². The summed E-state index contributed by atoms with van der Waals surface area (Å²) in [4.78, 5) is 38.7. The van der Waals surface area contributed by atoms with Crippen LogP contribution in [0, 0.1) is 5.92 Å². The van der Waals surface area contributed by atoms with Crippen molar-refractivity contribution < 1.29 is 19.3 Å². The van der Waals surface area contributed by atoms with Gasteiger partial charge in [-0.2, -0.15) is 0 Å². The number of amides is 3. The van der Waals surface area contributed by atoms with Crippen molar-refractivity contribution in [2.24, 2.45) is 5.92 Å². The Labute approximate surface area is 124 Å². The highest BCUT2D eigenvalue weighted by Crippen LogP contribution is 2.18. The summed E-state index contributed by atoms with van der Waals surface area (Å²) < 4.78 is 0. The number of nitrogens with one attached hydrogen (secondary N) is 2. The summed E-state index contributed by atoms with van der Waals surface area (Å²) in [7, 11) is 0. The van der Waals surface area contributed by atoms with Gasteiger partial charge in [-0.15, -0.1) is 0 Å². The lowest BCUT2D eigenvalue weighted by atomic mass is 9.93. The molecule has 0 unspecified atom stereocenters. The van der Waals surface area contributed by atoms with Crippen LogP contribution in [-0.2, 0) is 14.4 Å². The third-order valence-electron chi connectivity index (χ3n) is 5.11. The third kappa shape index (κ3) is 3.10. The van der Waals surface area contributed by atoms with E-state index in [0.717, 1.165) is 51.9 Å². The van der Waals surface area contributed by atoms with Gasteiger partial charge < -0.3 is 9.80 Å². The molecule has 0 bridgehead atoms. The third-order valence-corrected chi connectivity index (χ3v) is 5.11. The second-order valence-electron chi connectivity index (χ2n) is 6.49. The maximum Gasteiger partial charge on any atom is 0.285 e. The Morgan fingerprint density at radius 1 is 1.10 bits per heavy atom. The van der Waals surface area contributed by atoms with E-state index in [2.05, 4.69) is 5.32 Å². The van der Waals surface area contributed by atoms with Gasteiger partial charge in [0, 0.05) is 31.8 Å². The van der Waals surface area contributed by atoms with Crippen LogP contribution in [0.15, 0.2) is 0 Å². The SMILES string of the molecule is O=C1C[C@H]([NH+]2CCC(C(=O)N3CCCCC3)CC2)C(=O)N1. The molecule has 3 fully saturated rings. The monoisotopic (exact) mass is 294 g/mol. The Kier molecular flexibility index (Phi) is 4.24. The zero-order chi connectivity index (χ0) is 14.8. The number of carbonyl (C=O) groups excluding carboxylic acids is 3. The normalized spacial score (nSPS) is 33.9. The molecule has 3 aliphatic rings. The van der Waals surface area contributed by atoms with E-state index < -0.39 is 0 Å². The Morgan fingerprint density at radius 2 is 1.76 bits per heavy atom. The molecule has 2 N–H and O–H groups in total. The molecule has 21 heavy (non-hydrogen) atoms. The molecule has 0 radical (unpaired) electrons. The van der Waals surface area contributed by atoms with Crippen LogP contribution in [0.3, 0.4) is 0 Å². The van der Waals surface area contributed by atoms with E-state index in [1.807, 2.05) is 4.90 Å². The molecular weight excluding hydrogens is 270 g/mol. The summed E-state index contributed by atoms with van der Waals surface area (Å²) in [5, 5.41) is 2.38. The predicted molar refractivity (Wildman–Crippen MR) is 75.4 cm³/mol. The predicted octanol–water partition coefficient (Wildman–Crippen LogP) is -1.29. The van der Waals surface area contributed by atoms with E-state index in [9.17, 15) is 14.4 Å². The molecular formula is C15H24N3O3+. The summed E-state index contributed by atoms with van der Waals surface area (Å²) in [6.45, 7) is 3.45. The molecule has 3 heterocycles. The zero-order valence-electron chi connectivity index (χ0n) is 12.4. The van der Waals surface area contributed by atoms with E-state index >= 15 is 0 Å². The zero-order valence-corrected chi connectivity index (χ0v) is 12.4. The number of hydrogen-bond donors (Lipinski definition) is 2. The number of likely N-dealkylation sites (tertiary alicyclic amines) is 2. The van der Waals surface area contributed by atoms with Crippen LogP contribution in [0.25, 0.3) is 0 Å². The molecule has 3 saturated heterocycles. The van der Waals surface area contributed by atoms with E-state index in [4.69, 9.17) is 0 Å². The number of rotatable bonds is 2. The minimum Gasteiger partial charge on any atom is -0.342 e. The highest BCUT2D eigenvalue weighted by atomic mass is 16.2. The first-order valence-corrected chi connectivity index (χ1v) is 8.12. The van der Waals surface area contributed by atoms with E-state index in [1.54, 1.807) is 0 Å². The Hall–Kier alpha value is -1.43. The molecule has 0 saturated carbocycles. The first kappa shape index (κ1) is 14.5. The summed E-state index contributed by atoms with van der Waals surface area (Å²) in [5.74, 6) is 0.118. The number of imide groups is 1. The molecule has 3 rings (SSSR count). The quantitative estimate of drug-likeness (QED) is 0.623. The van der Waals surface area contributed by atoms with Gasteiger partial charge in [-0.25, -0.2) is 0 Å². The van der Waals surface area contributed by atoms with Gasteiger partial charge in [0.05, 0.1) is 19.5 Å². The summed E-state index contributed by atoms with van der Waals surface area (Å²) >= 11 is 0. The molecule has 0 aromatic heterocycles. The molecule has 0 aliphatic carbocycles. The van der Waals surface area contributed by atoms with Gasteiger partial charge in [-0.1, -0.05) is 0 Å². The summed E-state index contributed by atoms with van der Waals surface area (Å²) in [6.07, 6.45) is 5.46.